The Hall–Kier alpha value is -2.34. The maximum absolute atomic E-state index is 12.7. The summed E-state index contributed by atoms with van der Waals surface area (Å²) in [6, 6.07) is 17.3. The van der Waals surface area contributed by atoms with Gasteiger partial charge in [0.15, 0.2) is 0 Å². The maximum Gasteiger partial charge on any atom is 0.321 e. The Labute approximate surface area is 168 Å². The lowest BCUT2D eigenvalue weighted by molar-refractivity contribution is -0.136. The first-order valence-corrected chi connectivity index (χ1v) is 9.92. The number of likely N-dealkylation sites (tertiary alicyclic amines) is 1. The zero-order valence-electron chi connectivity index (χ0n) is 15.4. The molecule has 2 aromatic carbocycles. The first kappa shape index (κ1) is 19.4. The molecule has 3 rings (SSSR count). The van der Waals surface area contributed by atoms with E-state index < -0.39 is 0 Å². The van der Waals surface area contributed by atoms with Gasteiger partial charge in [0, 0.05) is 42.8 Å². The topological polar surface area (TPSA) is 52.7 Å². The highest BCUT2D eigenvalue weighted by Crippen LogP contribution is 2.21. The van der Waals surface area contributed by atoms with Crippen LogP contribution in [-0.4, -0.2) is 41.9 Å². The number of anilines is 1. The number of amides is 3. The maximum atomic E-state index is 12.7. The van der Waals surface area contributed by atoms with Crippen molar-refractivity contribution in [3.8, 4) is 0 Å². The van der Waals surface area contributed by atoms with Crippen LogP contribution in [-0.2, 0) is 11.3 Å². The average molecular weight is 430 g/mol. The Morgan fingerprint density at radius 2 is 1.70 bits per heavy atom. The van der Waals surface area contributed by atoms with E-state index in [2.05, 4.69) is 21.2 Å². The Balaban J connectivity index is 1.48. The molecule has 5 nitrogen and oxygen atoms in total. The first-order chi connectivity index (χ1) is 13.0. The highest BCUT2D eigenvalue weighted by Gasteiger charge is 2.29. The van der Waals surface area contributed by atoms with Gasteiger partial charge in [-0.05, 0) is 42.7 Å². The van der Waals surface area contributed by atoms with Crippen molar-refractivity contribution in [1.29, 1.82) is 0 Å². The number of piperidine rings is 1. The zero-order chi connectivity index (χ0) is 19.2. The number of nitrogens with zero attached hydrogens (tertiary/aromatic N) is 2. The van der Waals surface area contributed by atoms with Crippen molar-refractivity contribution in [2.75, 3.05) is 25.5 Å². The summed E-state index contributed by atoms with van der Waals surface area (Å²) in [5.74, 6) is 0.132. The normalized spacial score (nSPS) is 14.7. The molecule has 1 fully saturated rings. The van der Waals surface area contributed by atoms with Gasteiger partial charge < -0.3 is 15.1 Å². The van der Waals surface area contributed by atoms with Gasteiger partial charge in [-0.15, -0.1) is 0 Å². The van der Waals surface area contributed by atoms with Crippen LogP contribution < -0.4 is 5.32 Å². The molecule has 0 atom stereocenters. The van der Waals surface area contributed by atoms with Gasteiger partial charge in [0.1, 0.15) is 0 Å². The number of urea groups is 1. The van der Waals surface area contributed by atoms with Crippen molar-refractivity contribution in [2.24, 2.45) is 5.92 Å². The van der Waals surface area contributed by atoms with E-state index in [0.717, 1.165) is 15.7 Å². The van der Waals surface area contributed by atoms with Crippen LogP contribution in [0.2, 0.25) is 0 Å². The molecule has 0 aliphatic carbocycles. The van der Waals surface area contributed by atoms with Crippen molar-refractivity contribution in [2.45, 2.75) is 19.4 Å². The predicted molar refractivity (Wildman–Crippen MR) is 110 cm³/mol. The largest absolute Gasteiger partial charge is 0.341 e. The molecule has 1 heterocycles. The highest BCUT2D eigenvalue weighted by molar-refractivity contribution is 9.10. The van der Waals surface area contributed by atoms with Crippen molar-refractivity contribution < 1.29 is 9.59 Å². The fourth-order valence-corrected chi connectivity index (χ4v) is 3.57. The van der Waals surface area contributed by atoms with E-state index in [9.17, 15) is 9.59 Å². The number of hydrogen-bond donors (Lipinski definition) is 1. The molecule has 142 valence electrons. The molecular formula is C21H24BrN3O2. The van der Waals surface area contributed by atoms with E-state index >= 15 is 0 Å². The lowest BCUT2D eigenvalue weighted by atomic mass is 9.95. The van der Waals surface area contributed by atoms with Crippen LogP contribution in [0.15, 0.2) is 59.1 Å². The molecule has 1 saturated heterocycles. The van der Waals surface area contributed by atoms with Gasteiger partial charge in [-0.1, -0.05) is 46.3 Å². The monoisotopic (exact) mass is 429 g/mol. The third-order valence-corrected chi connectivity index (χ3v) is 5.39. The van der Waals surface area contributed by atoms with Crippen molar-refractivity contribution >= 4 is 33.6 Å². The zero-order valence-corrected chi connectivity index (χ0v) is 17.0. The number of rotatable bonds is 4. The number of nitrogens with one attached hydrogen (secondary N) is 1. The molecule has 1 N–H and O–H groups in total. The van der Waals surface area contributed by atoms with Crippen LogP contribution in [0.5, 0.6) is 0 Å². The second kappa shape index (κ2) is 9.04. The summed E-state index contributed by atoms with van der Waals surface area (Å²) in [6.45, 7) is 1.79. The minimum atomic E-state index is -0.102. The second-order valence-corrected chi connectivity index (χ2v) is 7.79. The highest BCUT2D eigenvalue weighted by atomic mass is 79.9. The first-order valence-electron chi connectivity index (χ1n) is 9.13. The van der Waals surface area contributed by atoms with Gasteiger partial charge in [0.2, 0.25) is 5.91 Å². The summed E-state index contributed by atoms with van der Waals surface area (Å²) in [6.07, 6.45) is 1.40. The van der Waals surface area contributed by atoms with Crippen molar-refractivity contribution in [3.63, 3.8) is 0 Å². The third kappa shape index (κ3) is 5.32. The summed E-state index contributed by atoms with van der Waals surface area (Å²) in [7, 11) is 1.85. The molecule has 3 amide bonds. The van der Waals surface area contributed by atoms with E-state index in [-0.39, 0.29) is 17.9 Å². The Bertz CT molecular complexity index is 772. The molecule has 1 aliphatic rings. The number of carbonyl (C=O) groups excluding carboxylic acids is 2. The molecular weight excluding hydrogens is 406 g/mol. The number of halogens is 1. The minimum absolute atomic E-state index is 0.0220. The van der Waals surface area contributed by atoms with Gasteiger partial charge in [-0.2, -0.15) is 0 Å². The molecule has 1 aliphatic heterocycles. The molecule has 0 radical (unpaired) electrons. The quantitative estimate of drug-likeness (QED) is 0.784. The van der Waals surface area contributed by atoms with Crippen LogP contribution >= 0.6 is 15.9 Å². The summed E-state index contributed by atoms with van der Waals surface area (Å²) < 4.78 is 1.03. The fraction of sp³-hybridized carbons (Fsp3) is 0.333. The summed E-state index contributed by atoms with van der Waals surface area (Å²) in [5, 5.41) is 2.90. The predicted octanol–water partition coefficient (Wildman–Crippen LogP) is 4.35. The van der Waals surface area contributed by atoms with Crippen LogP contribution in [0.3, 0.4) is 0 Å². The van der Waals surface area contributed by atoms with E-state index in [4.69, 9.17) is 0 Å². The van der Waals surface area contributed by atoms with Crippen LogP contribution in [0.25, 0.3) is 0 Å². The summed E-state index contributed by atoms with van der Waals surface area (Å²) in [5.41, 5.74) is 1.89. The Morgan fingerprint density at radius 3 is 2.33 bits per heavy atom. The van der Waals surface area contributed by atoms with Crippen molar-refractivity contribution in [1.82, 2.24) is 9.80 Å². The summed E-state index contributed by atoms with van der Waals surface area (Å²) >= 11 is 3.42. The van der Waals surface area contributed by atoms with E-state index in [1.807, 2.05) is 61.6 Å². The van der Waals surface area contributed by atoms with Crippen LogP contribution in [0.4, 0.5) is 10.5 Å². The lowest BCUT2D eigenvalue weighted by Gasteiger charge is -2.33. The van der Waals surface area contributed by atoms with Crippen molar-refractivity contribution in [3.05, 3.63) is 64.6 Å². The molecule has 0 aromatic heterocycles. The molecule has 0 spiro atoms. The second-order valence-electron chi connectivity index (χ2n) is 6.88. The number of carbonyl (C=O) groups is 2. The van der Waals surface area contributed by atoms with Gasteiger partial charge in [-0.25, -0.2) is 4.79 Å². The van der Waals surface area contributed by atoms with Crippen LogP contribution in [0, 0.1) is 5.92 Å². The van der Waals surface area contributed by atoms with Crippen LogP contribution in [0.1, 0.15) is 18.4 Å². The molecule has 2 aromatic rings. The lowest BCUT2D eigenvalue weighted by Crippen LogP contribution is -2.44. The molecule has 27 heavy (non-hydrogen) atoms. The SMILES string of the molecule is CN(Cc1ccc(Br)cc1)C(=O)C1CCN(C(=O)Nc2ccccc2)CC1. The third-order valence-electron chi connectivity index (χ3n) is 4.87. The summed E-state index contributed by atoms with van der Waals surface area (Å²) in [4.78, 5) is 28.7. The van der Waals surface area contributed by atoms with E-state index in [0.29, 0.717) is 32.5 Å². The van der Waals surface area contributed by atoms with E-state index in [1.54, 1.807) is 9.80 Å². The number of para-hydroxylation sites is 1. The number of benzene rings is 2. The Kier molecular flexibility index (Phi) is 6.50. The molecule has 0 bridgehead atoms. The smallest absolute Gasteiger partial charge is 0.321 e. The average Bonchev–Trinajstić information content (AvgIpc) is 2.70. The van der Waals surface area contributed by atoms with Gasteiger partial charge in [-0.3, -0.25) is 4.79 Å². The number of hydrogen-bond acceptors (Lipinski definition) is 2. The van der Waals surface area contributed by atoms with Gasteiger partial charge in [0.25, 0.3) is 0 Å². The fourth-order valence-electron chi connectivity index (χ4n) is 3.31. The standard InChI is InChI=1S/C21H24BrN3O2/c1-24(15-16-7-9-18(22)10-8-16)20(26)17-11-13-25(14-12-17)21(27)23-19-5-3-2-4-6-19/h2-10,17H,11-15H2,1H3,(H,23,27). The Morgan fingerprint density at radius 1 is 1.07 bits per heavy atom. The minimum Gasteiger partial charge on any atom is -0.341 e. The van der Waals surface area contributed by atoms with Gasteiger partial charge >= 0.3 is 6.03 Å². The molecule has 0 saturated carbocycles. The molecule has 0 unspecified atom stereocenters. The molecule has 6 heteroatoms. The van der Waals surface area contributed by atoms with E-state index in [1.165, 1.54) is 0 Å². The van der Waals surface area contributed by atoms with Gasteiger partial charge in [0.05, 0.1) is 0 Å².